The summed E-state index contributed by atoms with van der Waals surface area (Å²) in [5.41, 5.74) is 2.26. The van der Waals surface area contributed by atoms with Gasteiger partial charge in [0.05, 0.1) is 19.7 Å². The SMILES string of the molecule is O=C1OCCN1Cc1cc(Br)cc2c1OCC2. The second-order valence-electron chi connectivity index (χ2n) is 4.19. The van der Waals surface area contributed by atoms with Crippen molar-refractivity contribution in [2.24, 2.45) is 0 Å². The van der Waals surface area contributed by atoms with Gasteiger partial charge in [0.15, 0.2) is 0 Å². The fourth-order valence-corrected chi connectivity index (χ4v) is 2.79. The third kappa shape index (κ3) is 1.99. The van der Waals surface area contributed by atoms with E-state index in [1.54, 1.807) is 4.90 Å². The number of carbonyl (C=O) groups excluding carboxylic acids is 1. The first kappa shape index (κ1) is 10.9. The minimum absolute atomic E-state index is 0.239. The molecule has 1 aromatic rings. The number of halogens is 1. The fraction of sp³-hybridized carbons (Fsp3) is 0.417. The van der Waals surface area contributed by atoms with Crippen LogP contribution in [-0.4, -0.2) is 30.8 Å². The number of hydrogen-bond acceptors (Lipinski definition) is 3. The van der Waals surface area contributed by atoms with E-state index in [1.165, 1.54) is 5.56 Å². The van der Waals surface area contributed by atoms with E-state index >= 15 is 0 Å². The molecule has 1 saturated heterocycles. The lowest BCUT2D eigenvalue weighted by Gasteiger charge is -2.15. The molecule has 0 spiro atoms. The standard InChI is InChI=1S/C12H12BrNO3/c13-10-5-8-1-3-16-11(8)9(6-10)7-14-2-4-17-12(14)15/h5-6H,1-4,7H2. The van der Waals surface area contributed by atoms with Gasteiger partial charge in [-0.25, -0.2) is 4.79 Å². The Labute approximate surface area is 108 Å². The minimum Gasteiger partial charge on any atom is -0.493 e. The van der Waals surface area contributed by atoms with Crippen molar-refractivity contribution < 1.29 is 14.3 Å². The van der Waals surface area contributed by atoms with Gasteiger partial charge < -0.3 is 14.4 Å². The Morgan fingerprint density at radius 1 is 1.29 bits per heavy atom. The number of cyclic esters (lactones) is 1. The summed E-state index contributed by atoms with van der Waals surface area (Å²) >= 11 is 3.49. The molecule has 0 unspecified atom stereocenters. The van der Waals surface area contributed by atoms with Crippen LogP contribution in [0, 0.1) is 0 Å². The first-order valence-electron chi connectivity index (χ1n) is 5.60. The molecule has 17 heavy (non-hydrogen) atoms. The molecular formula is C12H12BrNO3. The molecule has 0 saturated carbocycles. The predicted molar refractivity (Wildman–Crippen MR) is 65.1 cm³/mol. The van der Waals surface area contributed by atoms with Crippen LogP contribution in [0.2, 0.25) is 0 Å². The summed E-state index contributed by atoms with van der Waals surface area (Å²) in [6.45, 7) is 2.42. The number of ether oxygens (including phenoxy) is 2. The summed E-state index contributed by atoms with van der Waals surface area (Å²) in [7, 11) is 0. The molecule has 2 aliphatic heterocycles. The lowest BCUT2D eigenvalue weighted by Crippen LogP contribution is -2.23. The highest BCUT2D eigenvalue weighted by molar-refractivity contribution is 9.10. The van der Waals surface area contributed by atoms with Crippen LogP contribution < -0.4 is 4.74 Å². The number of nitrogens with zero attached hydrogens (tertiary/aromatic N) is 1. The van der Waals surface area contributed by atoms with E-state index in [1.807, 2.05) is 6.07 Å². The first-order valence-corrected chi connectivity index (χ1v) is 6.39. The van der Waals surface area contributed by atoms with Crippen LogP contribution in [0.1, 0.15) is 11.1 Å². The smallest absolute Gasteiger partial charge is 0.410 e. The van der Waals surface area contributed by atoms with Crippen molar-refractivity contribution in [2.75, 3.05) is 19.8 Å². The molecule has 1 fully saturated rings. The second-order valence-corrected chi connectivity index (χ2v) is 5.10. The number of carbonyl (C=O) groups is 1. The highest BCUT2D eigenvalue weighted by atomic mass is 79.9. The van der Waals surface area contributed by atoms with E-state index in [0.717, 1.165) is 28.8 Å². The van der Waals surface area contributed by atoms with E-state index in [0.29, 0.717) is 19.7 Å². The Hall–Kier alpha value is -1.23. The molecule has 90 valence electrons. The molecule has 0 aromatic heterocycles. The second kappa shape index (κ2) is 4.22. The van der Waals surface area contributed by atoms with Gasteiger partial charge in [-0.2, -0.15) is 0 Å². The van der Waals surface area contributed by atoms with Gasteiger partial charge in [-0.1, -0.05) is 15.9 Å². The van der Waals surface area contributed by atoms with Gasteiger partial charge in [0.1, 0.15) is 12.4 Å². The van der Waals surface area contributed by atoms with E-state index < -0.39 is 0 Å². The quantitative estimate of drug-likeness (QED) is 0.841. The van der Waals surface area contributed by atoms with Crippen LogP contribution in [0.15, 0.2) is 16.6 Å². The Morgan fingerprint density at radius 3 is 2.94 bits per heavy atom. The summed E-state index contributed by atoms with van der Waals surface area (Å²) in [5.74, 6) is 0.938. The van der Waals surface area contributed by atoms with Gasteiger partial charge in [0, 0.05) is 16.5 Å². The molecule has 3 rings (SSSR count). The Kier molecular flexibility index (Phi) is 2.70. The molecule has 1 aromatic carbocycles. The summed E-state index contributed by atoms with van der Waals surface area (Å²) in [6, 6.07) is 4.09. The van der Waals surface area contributed by atoms with Gasteiger partial charge in [-0.15, -0.1) is 0 Å². The van der Waals surface area contributed by atoms with Gasteiger partial charge in [0.25, 0.3) is 0 Å². The van der Waals surface area contributed by atoms with Crippen LogP contribution in [0.4, 0.5) is 4.79 Å². The minimum atomic E-state index is -0.239. The van der Waals surface area contributed by atoms with E-state index in [9.17, 15) is 4.79 Å². The van der Waals surface area contributed by atoms with Crippen LogP contribution >= 0.6 is 15.9 Å². The molecule has 2 heterocycles. The predicted octanol–water partition coefficient (Wildman–Crippen LogP) is 2.34. The number of hydrogen-bond donors (Lipinski definition) is 0. The van der Waals surface area contributed by atoms with Crippen LogP contribution in [0.3, 0.4) is 0 Å². The molecule has 0 N–H and O–H groups in total. The lowest BCUT2D eigenvalue weighted by atomic mass is 10.1. The zero-order valence-electron chi connectivity index (χ0n) is 9.24. The normalized spacial score (nSPS) is 17.9. The Bertz CT molecular complexity index is 475. The molecule has 1 amide bonds. The molecule has 0 radical (unpaired) electrons. The molecule has 0 aliphatic carbocycles. The zero-order chi connectivity index (χ0) is 11.8. The van der Waals surface area contributed by atoms with E-state index in [2.05, 4.69) is 22.0 Å². The highest BCUT2D eigenvalue weighted by Gasteiger charge is 2.25. The summed E-state index contributed by atoms with van der Waals surface area (Å²) < 4.78 is 11.6. The van der Waals surface area contributed by atoms with Crippen molar-refractivity contribution in [3.8, 4) is 5.75 Å². The largest absolute Gasteiger partial charge is 0.493 e. The van der Waals surface area contributed by atoms with Crippen molar-refractivity contribution in [1.82, 2.24) is 4.90 Å². The van der Waals surface area contributed by atoms with E-state index in [-0.39, 0.29) is 6.09 Å². The maximum absolute atomic E-state index is 11.4. The number of fused-ring (bicyclic) bond motifs is 1. The Morgan fingerprint density at radius 2 is 2.18 bits per heavy atom. The summed E-state index contributed by atoms with van der Waals surface area (Å²) in [5, 5.41) is 0. The van der Waals surface area contributed by atoms with Gasteiger partial charge in [0.2, 0.25) is 0 Å². The molecule has 5 heteroatoms. The summed E-state index contributed by atoms with van der Waals surface area (Å²) in [6.07, 6.45) is 0.698. The van der Waals surface area contributed by atoms with Crippen molar-refractivity contribution in [1.29, 1.82) is 0 Å². The molecule has 0 atom stereocenters. The fourth-order valence-electron chi connectivity index (χ4n) is 2.24. The third-order valence-corrected chi connectivity index (χ3v) is 3.49. The van der Waals surface area contributed by atoms with Crippen molar-refractivity contribution in [2.45, 2.75) is 13.0 Å². The maximum atomic E-state index is 11.4. The monoisotopic (exact) mass is 297 g/mol. The zero-order valence-corrected chi connectivity index (χ0v) is 10.8. The van der Waals surface area contributed by atoms with Gasteiger partial charge in [-0.3, -0.25) is 0 Å². The van der Waals surface area contributed by atoms with Crippen molar-refractivity contribution in [3.05, 3.63) is 27.7 Å². The molecule has 2 aliphatic rings. The van der Waals surface area contributed by atoms with Crippen molar-refractivity contribution >= 4 is 22.0 Å². The molecular weight excluding hydrogens is 286 g/mol. The van der Waals surface area contributed by atoms with Gasteiger partial charge in [-0.05, 0) is 17.7 Å². The lowest BCUT2D eigenvalue weighted by molar-refractivity contribution is 0.157. The van der Waals surface area contributed by atoms with Crippen LogP contribution in [0.5, 0.6) is 5.75 Å². The average molecular weight is 298 g/mol. The Balaban J connectivity index is 1.90. The molecule has 0 bridgehead atoms. The molecule has 4 nitrogen and oxygen atoms in total. The third-order valence-electron chi connectivity index (χ3n) is 3.03. The number of benzene rings is 1. The average Bonchev–Trinajstić information content (AvgIpc) is 2.88. The van der Waals surface area contributed by atoms with E-state index in [4.69, 9.17) is 9.47 Å². The highest BCUT2D eigenvalue weighted by Crippen LogP contribution is 2.34. The van der Waals surface area contributed by atoms with Crippen molar-refractivity contribution in [3.63, 3.8) is 0 Å². The maximum Gasteiger partial charge on any atom is 0.410 e. The summed E-state index contributed by atoms with van der Waals surface area (Å²) in [4.78, 5) is 13.1. The topological polar surface area (TPSA) is 38.8 Å². The van der Waals surface area contributed by atoms with Crippen LogP contribution in [0.25, 0.3) is 0 Å². The van der Waals surface area contributed by atoms with Gasteiger partial charge >= 0.3 is 6.09 Å². The number of rotatable bonds is 2. The van der Waals surface area contributed by atoms with Crippen LogP contribution in [-0.2, 0) is 17.7 Å². The number of amides is 1. The first-order chi connectivity index (χ1) is 8.24.